The molecule has 0 spiro atoms. The van der Waals surface area contributed by atoms with Crippen molar-refractivity contribution < 1.29 is 4.12 Å². The second-order valence-corrected chi connectivity index (χ2v) is 6.34. The Labute approximate surface area is 69.9 Å². The molecule has 54 valence electrons. The molecule has 0 amide bonds. The molecular weight excluding hydrogens is 180 g/mol. The third kappa shape index (κ3) is 1.95. The highest BCUT2D eigenvalue weighted by Crippen LogP contribution is 1.92. The monoisotopic (exact) mass is 188 g/mol. The van der Waals surface area contributed by atoms with Gasteiger partial charge < -0.3 is 4.12 Å². The lowest BCUT2D eigenvalue weighted by molar-refractivity contribution is 0.668. The van der Waals surface area contributed by atoms with Crippen LogP contribution < -0.4 is 5.19 Å². The molecule has 0 saturated heterocycles. The molecule has 10 heavy (non-hydrogen) atoms. The fraction of sp³-hybridized carbons (Fsp3) is 0. The van der Waals surface area contributed by atoms with Gasteiger partial charge in [0.15, 0.2) is 0 Å². The Bertz CT molecular complexity index is 192. The molecule has 4 heteroatoms. The van der Waals surface area contributed by atoms with E-state index in [1.807, 2.05) is 30.3 Å². The minimum Gasteiger partial charge on any atom is -0.452 e. The second-order valence-electron chi connectivity index (χ2n) is 1.96. The van der Waals surface area contributed by atoms with E-state index in [1.54, 1.807) is 0 Å². The van der Waals surface area contributed by atoms with E-state index in [4.69, 9.17) is 15.2 Å². The van der Waals surface area contributed by atoms with Crippen LogP contribution in [0, 0.1) is 0 Å². The summed E-state index contributed by atoms with van der Waals surface area (Å²) in [4.78, 5) is 0. The summed E-state index contributed by atoms with van der Waals surface area (Å²) in [6.07, 6.45) is 0. The predicted molar refractivity (Wildman–Crippen MR) is 50.1 cm³/mol. The summed E-state index contributed by atoms with van der Waals surface area (Å²) in [6, 6.07) is 9.98. The van der Waals surface area contributed by atoms with Crippen molar-refractivity contribution in [1.29, 1.82) is 0 Å². The maximum absolute atomic E-state index is 5.94. The van der Waals surface area contributed by atoms with Crippen molar-refractivity contribution in [3.8, 4) is 0 Å². The number of hydrogen-bond acceptors (Lipinski definition) is 1. The average Bonchev–Trinajstić information content (AvgIpc) is 2.05. The molecule has 0 fully saturated rings. The zero-order valence-corrected chi connectivity index (χ0v) is 9.66. The van der Waals surface area contributed by atoms with E-state index < -0.39 is 8.35 Å². The van der Waals surface area contributed by atoms with Gasteiger partial charge in [-0.1, -0.05) is 30.3 Å². The van der Waals surface area contributed by atoms with Crippen LogP contribution in [0.25, 0.3) is 0 Å². The van der Waals surface area contributed by atoms with Crippen LogP contribution in [0.2, 0.25) is 0 Å². The topological polar surface area (TPSA) is 9.23 Å². The van der Waals surface area contributed by atoms with Crippen LogP contribution in [0.1, 0.15) is 0 Å². The van der Waals surface area contributed by atoms with E-state index in [-0.39, 0.29) is 0 Å². The lowest BCUT2D eigenvalue weighted by Gasteiger charge is -2.03. The number of halogens is 1. The van der Waals surface area contributed by atoms with Crippen molar-refractivity contribution in [2.24, 2.45) is 0 Å². The van der Waals surface area contributed by atoms with Gasteiger partial charge in [0.2, 0.25) is 0 Å². The van der Waals surface area contributed by atoms with Gasteiger partial charge in [0.05, 0.1) is 0 Å². The fourth-order valence-corrected chi connectivity index (χ4v) is 2.79. The quantitative estimate of drug-likeness (QED) is 0.456. The molecule has 0 aliphatic rings. The van der Waals surface area contributed by atoms with Gasteiger partial charge >= 0.3 is 0 Å². The van der Waals surface area contributed by atoms with Crippen molar-refractivity contribution in [2.45, 2.75) is 0 Å². The first-order valence-corrected chi connectivity index (χ1v) is 6.67. The molecule has 0 saturated carbocycles. The van der Waals surface area contributed by atoms with Crippen LogP contribution in [0.3, 0.4) is 0 Å². The Morgan fingerprint density at radius 1 is 1.30 bits per heavy atom. The van der Waals surface area contributed by atoms with Gasteiger partial charge in [-0.05, 0) is 5.19 Å². The molecule has 0 N–H and O–H groups in total. The molecule has 1 nitrogen and oxygen atoms in total. The van der Waals surface area contributed by atoms with Gasteiger partial charge in [0, 0.05) is 0 Å². The molecule has 1 rings (SSSR count). The Morgan fingerprint density at radius 3 is 2.40 bits per heavy atom. The first kappa shape index (κ1) is 8.00. The van der Waals surface area contributed by atoms with Crippen molar-refractivity contribution in [3.05, 3.63) is 30.3 Å². The van der Waals surface area contributed by atoms with Crippen LogP contribution in [-0.2, 0) is 4.12 Å². The van der Waals surface area contributed by atoms with Crippen LogP contribution in [0.4, 0.5) is 0 Å². The molecule has 0 radical (unpaired) electrons. The normalized spacial score (nSPS) is 13.3. The van der Waals surface area contributed by atoms with Crippen molar-refractivity contribution in [1.82, 2.24) is 0 Å². The summed E-state index contributed by atoms with van der Waals surface area (Å²) >= 11 is 5.94. The van der Waals surface area contributed by atoms with Gasteiger partial charge in [-0.2, -0.15) is 0 Å². The van der Waals surface area contributed by atoms with E-state index in [9.17, 15) is 0 Å². The Hall–Kier alpha value is -0.0962. The highest BCUT2D eigenvalue weighted by molar-refractivity contribution is 7.11. The third-order valence-corrected chi connectivity index (χ3v) is 6.19. The van der Waals surface area contributed by atoms with E-state index in [0.717, 1.165) is 10.5 Å². The molecule has 1 unspecified atom stereocenters. The first-order chi connectivity index (χ1) is 4.84. The van der Waals surface area contributed by atoms with Gasteiger partial charge in [-0.3, -0.25) is 0 Å². The van der Waals surface area contributed by atoms with Crippen molar-refractivity contribution in [2.75, 3.05) is 0 Å². The summed E-state index contributed by atoms with van der Waals surface area (Å²) in [5.41, 5.74) is 0. The fourth-order valence-electron chi connectivity index (χ4n) is 0.740. The maximum atomic E-state index is 5.94. The Morgan fingerprint density at radius 2 is 1.90 bits per heavy atom. The summed E-state index contributed by atoms with van der Waals surface area (Å²) in [5.74, 6) is 0. The minimum absolute atomic E-state index is 0.737. The van der Waals surface area contributed by atoms with Gasteiger partial charge in [-0.25, -0.2) is 0 Å². The van der Waals surface area contributed by atoms with Crippen LogP contribution in [-0.4, -0.2) is 18.8 Å². The SMILES string of the molecule is [SiH3]O[SiH](Cl)c1ccccc1. The van der Waals surface area contributed by atoms with Gasteiger partial charge in [0.25, 0.3) is 8.35 Å². The molecular formula is C6H9ClOSi2. The Balaban J connectivity index is 2.75. The van der Waals surface area contributed by atoms with Crippen LogP contribution in [0.15, 0.2) is 30.3 Å². The lowest BCUT2D eigenvalue weighted by Crippen LogP contribution is -2.26. The summed E-state index contributed by atoms with van der Waals surface area (Å²) in [5, 5.41) is 1.17. The van der Waals surface area contributed by atoms with E-state index in [2.05, 4.69) is 0 Å². The van der Waals surface area contributed by atoms with E-state index >= 15 is 0 Å². The summed E-state index contributed by atoms with van der Waals surface area (Å²) in [6.45, 7) is 0. The van der Waals surface area contributed by atoms with E-state index in [0.29, 0.717) is 0 Å². The van der Waals surface area contributed by atoms with Gasteiger partial charge in [-0.15, -0.1) is 11.1 Å². The average molecular weight is 189 g/mol. The molecule has 1 aromatic carbocycles. The molecule has 0 aromatic heterocycles. The molecule has 0 bridgehead atoms. The predicted octanol–water partition coefficient (Wildman–Crippen LogP) is -0.350. The highest BCUT2D eigenvalue weighted by Gasteiger charge is 2.05. The number of rotatable bonds is 2. The largest absolute Gasteiger partial charge is 0.452 e. The summed E-state index contributed by atoms with van der Waals surface area (Å²) in [7, 11) is -0.768. The molecule has 1 atom stereocenters. The van der Waals surface area contributed by atoms with Crippen LogP contribution in [0.5, 0.6) is 0 Å². The van der Waals surface area contributed by atoms with Gasteiger partial charge in [0.1, 0.15) is 10.5 Å². The smallest absolute Gasteiger partial charge is 0.296 e. The zero-order valence-electron chi connectivity index (χ0n) is 5.75. The molecule has 0 aliphatic heterocycles. The second kappa shape index (κ2) is 3.93. The van der Waals surface area contributed by atoms with Crippen molar-refractivity contribution in [3.63, 3.8) is 0 Å². The lowest BCUT2D eigenvalue weighted by atomic mass is 10.4. The standard InChI is InChI=1S/C6H9ClOSi2/c7-10(8-9)6-4-2-1-3-5-6/h1-5,10H,9H3. The molecule has 1 aromatic rings. The van der Waals surface area contributed by atoms with Crippen LogP contribution >= 0.6 is 11.1 Å². The summed E-state index contributed by atoms with van der Waals surface area (Å²) < 4.78 is 5.18. The first-order valence-electron chi connectivity index (χ1n) is 3.06. The van der Waals surface area contributed by atoms with E-state index in [1.165, 1.54) is 5.19 Å². The highest BCUT2D eigenvalue weighted by atomic mass is 35.6. The number of hydrogen-bond donors (Lipinski definition) is 0. The minimum atomic E-state index is -1.51. The maximum Gasteiger partial charge on any atom is 0.296 e. The third-order valence-electron chi connectivity index (χ3n) is 1.27. The molecule has 0 heterocycles. The number of benzene rings is 1. The zero-order chi connectivity index (χ0) is 7.40. The Kier molecular flexibility index (Phi) is 3.14. The molecule has 0 aliphatic carbocycles. The van der Waals surface area contributed by atoms with Crippen molar-refractivity contribution >= 4 is 35.1 Å².